The fourth-order valence-corrected chi connectivity index (χ4v) is 2.56. The molecule has 1 rings (SSSR count). The molecular formula is C16H23NO3. The quantitative estimate of drug-likeness (QED) is 0.743. The lowest BCUT2D eigenvalue weighted by molar-refractivity contribution is -0.156. The summed E-state index contributed by atoms with van der Waals surface area (Å²) in [5.41, 5.74) is 0.534. The van der Waals surface area contributed by atoms with Crippen molar-refractivity contribution in [3.63, 3.8) is 0 Å². The van der Waals surface area contributed by atoms with E-state index in [4.69, 9.17) is 0 Å². The number of carboxylic acids is 1. The van der Waals surface area contributed by atoms with Crippen LogP contribution in [-0.4, -0.2) is 28.9 Å². The Labute approximate surface area is 120 Å². The zero-order chi connectivity index (χ0) is 15.2. The van der Waals surface area contributed by atoms with E-state index in [9.17, 15) is 14.7 Å². The molecule has 0 heterocycles. The summed E-state index contributed by atoms with van der Waals surface area (Å²) < 4.78 is 0. The summed E-state index contributed by atoms with van der Waals surface area (Å²) in [7, 11) is 0. The molecule has 0 fully saturated rings. The Kier molecular flexibility index (Phi) is 5.74. The summed E-state index contributed by atoms with van der Waals surface area (Å²) in [6, 6.07) is 7.50. The van der Waals surface area contributed by atoms with Gasteiger partial charge in [0.05, 0.1) is 0 Å². The summed E-state index contributed by atoms with van der Waals surface area (Å²) in [4.78, 5) is 24.6. The van der Waals surface area contributed by atoms with Crippen molar-refractivity contribution in [2.75, 3.05) is 6.54 Å². The number of aryl methyl sites for hydroxylation is 1. The molecule has 110 valence electrons. The summed E-state index contributed by atoms with van der Waals surface area (Å²) in [5.74, 6) is -0.982. The van der Waals surface area contributed by atoms with Gasteiger partial charge in [-0.3, -0.25) is 4.79 Å². The van der Waals surface area contributed by atoms with Crippen molar-refractivity contribution in [3.05, 3.63) is 35.4 Å². The molecule has 20 heavy (non-hydrogen) atoms. The van der Waals surface area contributed by atoms with E-state index in [-0.39, 0.29) is 0 Å². The summed E-state index contributed by atoms with van der Waals surface area (Å²) in [6.45, 7) is 6.21. The van der Waals surface area contributed by atoms with Crippen LogP contribution >= 0.6 is 0 Å². The first kappa shape index (κ1) is 16.2. The molecule has 0 aliphatic rings. The van der Waals surface area contributed by atoms with Crippen LogP contribution in [0.15, 0.2) is 24.3 Å². The topological polar surface area (TPSA) is 57.6 Å². The molecule has 1 atom stereocenters. The van der Waals surface area contributed by atoms with Gasteiger partial charge in [-0.15, -0.1) is 0 Å². The van der Waals surface area contributed by atoms with Crippen LogP contribution in [0.3, 0.4) is 0 Å². The average Bonchev–Trinajstić information content (AvgIpc) is 2.47. The lowest BCUT2D eigenvalue weighted by Crippen LogP contribution is -2.51. The molecule has 0 saturated carbocycles. The van der Waals surface area contributed by atoms with Crippen molar-refractivity contribution in [1.82, 2.24) is 4.90 Å². The van der Waals surface area contributed by atoms with Gasteiger partial charge < -0.3 is 10.0 Å². The number of amides is 1. The fraction of sp³-hybridized carbons (Fsp3) is 0.500. The monoisotopic (exact) mass is 277 g/mol. The van der Waals surface area contributed by atoms with Gasteiger partial charge in [-0.25, -0.2) is 4.79 Å². The molecule has 4 heteroatoms. The first-order valence-electron chi connectivity index (χ1n) is 7.11. The second-order valence-corrected chi connectivity index (χ2v) is 4.87. The van der Waals surface area contributed by atoms with Gasteiger partial charge in [0, 0.05) is 6.54 Å². The predicted octanol–water partition coefficient (Wildman–Crippen LogP) is 2.81. The Morgan fingerprint density at radius 1 is 1.25 bits per heavy atom. The molecule has 0 saturated heterocycles. The van der Waals surface area contributed by atoms with Gasteiger partial charge >= 0.3 is 5.97 Å². The van der Waals surface area contributed by atoms with Crippen LogP contribution in [0.1, 0.15) is 44.7 Å². The minimum Gasteiger partial charge on any atom is -0.479 e. The highest BCUT2D eigenvalue weighted by Crippen LogP contribution is 2.32. The highest BCUT2D eigenvalue weighted by Gasteiger charge is 2.43. The van der Waals surface area contributed by atoms with Gasteiger partial charge in [0.15, 0.2) is 5.54 Å². The molecule has 1 aromatic carbocycles. The molecular weight excluding hydrogens is 254 g/mol. The molecule has 0 aliphatic carbocycles. The van der Waals surface area contributed by atoms with Crippen LogP contribution in [0.5, 0.6) is 0 Å². The second-order valence-electron chi connectivity index (χ2n) is 4.87. The van der Waals surface area contributed by atoms with E-state index in [0.717, 1.165) is 18.4 Å². The van der Waals surface area contributed by atoms with Crippen molar-refractivity contribution in [2.45, 2.75) is 45.6 Å². The predicted molar refractivity (Wildman–Crippen MR) is 78.5 cm³/mol. The Morgan fingerprint density at radius 2 is 1.85 bits per heavy atom. The third-order valence-electron chi connectivity index (χ3n) is 3.79. The summed E-state index contributed by atoms with van der Waals surface area (Å²) in [6.07, 6.45) is 2.61. The van der Waals surface area contributed by atoms with Crippen LogP contribution in [0.2, 0.25) is 0 Å². The average molecular weight is 277 g/mol. The van der Waals surface area contributed by atoms with Gasteiger partial charge in [-0.1, -0.05) is 45.0 Å². The SMILES string of the molecule is CCCN(C=O)C(CC)(C(=O)O)c1ccc(CC)cc1. The molecule has 4 nitrogen and oxygen atoms in total. The van der Waals surface area contributed by atoms with Crippen LogP contribution in [0.4, 0.5) is 0 Å². The Balaban J connectivity index is 3.34. The largest absolute Gasteiger partial charge is 0.479 e. The standard InChI is InChI=1S/C16H23NO3/c1-4-11-17(12-18)16(6-3,15(19)20)14-9-7-13(5-2)8-10-14/h7-10,12H,4-6,11H2,1-3H3,(H,19,20). The number of hydrogen-bond acceptors (Lipinski definition) is 2. The van der Waals surface area contributed by atoms with E-state index >= 15 is 0 Å². The molecule has 1 N–H and O–H groups in total. The number of benzene rings is 1. The van der Waals surface area contributed by atoms with Gasteiger partial charge in [0.1, 0.15) is 0 Å². The fourth-order valence-electron chi connectivity index (χ4n) is 2.56. The van der Waals surface area contributed by atoms with Crippen molar-refractivity contribution in [2.24, 2.45) is 0 Å². The third-order valence-corrected chi connectivity index (χ3v) is 3.79. The van der Waals surface area contributed by atoms with Gasteiger partial charge in [-0.2, -0.15) is 0 Å². The van der Waals surface area contributed by atoms with Gasteiger partial charge in [0.2, 0.25) is 6.41 Å². The molecule has 0 bridgehead atoms. The van der Waals surface area contributed by atoms with Gasteiger partial charge in [-0.05, 0) is 30.4 Å². The number of hydrogen-bond donors (Lipinski definition) is 1. The van der Waals surface area contributed by atoms with E-state index < -0.39 is 11.5 Å². The minimum atomic E-state index is -1.27. The van der Waals surface area contributed by atoms with Crippen molar-refractivity contribution in [3.8, 4) is 0 Å². The van der Waals surface area contributed by atoms with E-state index in [1.165, 1.54) is 4.90 Å². The van der Waals surface area contributed by atoms with Crippen molar-refractivity contribution >= 4 is 12.4 Å². The van der Waals surface area contributed by atoms with Crippen molar-refractivity contribution in [1.29, 1.82) is 0 Å². The molecule has 0 radical (unpaired) electrons. The number of carbonyl (C=O) groups excluding carboxylic acids is 1. The van der Waals surface area contributed by atoms with Crippen LogP contribution in [-0.2, 0) is 21.5 Å². The number of carbonyl (C=O) groups is 2. The normalized spacial score (nSPS) is 13.6. The zero-order valence-electron chi connectivity index (χ0n) is 12.4. The lowest BCUT2D eigenvalue weighted by atomic mass is 9.85. The summed E-state index contributed by atoms with van der Waals surface area (Å²) >= 11 is 0. The number of carboxylic acid groups (broad SMARTS) is 1. The smallest absolute Gasteiger partial charge is 0.334 e. The van der Waals surface area contributed by atoms with Gasteiger partial charge in [0.25, 0.3) is 0 Å². The maximum absolute atomic E-state index is 11.9. The minimum absolute atomic E-state index is 0.340. The molecule has 1 unspecified atom stereocenters. The van der Waals surface area contributed by atoms with E-state index in [1.54, 1.807) is 6.92 Å². The zero-order valence-corrected chi connectivity index (χ0v) is 12.4. The maximum atomic E-state index is 11.9. The maximum Gasteiger partial charge on any atom is 0.334 e. The number of aliphatic carboxylic acids is 1. The summed E-state index contributed by atoms with van der Waals surface area (Å²) in [5, 5.41) is 9.73. The molecule has 1 aromatic rings. The highest BCUT2D eigenvalue weighted by molar-refractivity contribution is 5.83. The Hall–Kier alpha value is -1.84. The van der Waals surface area contributed by atoms with E-state index in [0.29, 0.717) is 24.9 Å². The van der Waals surface area contributed by atoms with Crippen LogP contribution in [0.25, 0.3) is 0 Å². The Morgan fingerprint density at radius 3 is 2.20 bits per heavy atom. The Bertz CT molecular complexity index is 455. The molecule has 0 aromatic heterocycles. The third kappa shape index (κ3) is 2.84. The van der Waals surface area contributed by atoms with E-state index in [1.807, 2.05) is 38.1 Å². The second kappa shape index (κ2) is 7.08. The number of nitrogens with zero attached hydrogens (tertiary/aromatic N) is 1. The molecule has 0 aliphatic heterocycles. The highest BCUT2D eigenvalue weighted by atomic mass is 16.4. The lowest BCUT2D eigenvalue weighted by Gasteiger charge is -2.38. The first-order chi connectivity index (χ1) is 9.56. The van der Waals surface area contributed by atoms with Crippen LogP contribution in [0, 0.1) is 0 Å². The van der Waals surface area contributed by atoms with Crippen LogP contribution < -0.4 is 0 Å². The molecule has 1 amide bonds. The first-order valence-corrected chi connectivity index (χ1v) is 7.11. The van der Waals surface area contributed by atoms with Crippen molar-refractivity contribution < 1.29 is 14.7 Å². The number of rotatable bonds is 8. The van der Waals surface area contributed by atoms with E-state index in [2.05, 4.69) is 0 Å². The molecule has 0 spiro atoms.